The Morgan fingerprint density at radius 3 is 2.50 bits per heavy atom. The van der Waals surface area contributed by atoms with Crippen molar-refractivity contribution in [2.75, 3.05) is 5.32 Å². The molecular formula is C24H29F3N4O. The van der Waals surface area contributed by atoms with Crippen molar-refractivity contribution in [2.24, 2.45) is 0 Å². The van der Waals surface area contributed by atoms with Crippen molar-refractivity contribution in [3.05, 3.63) is 53.5 Å². The molecule has 5 nitrogen and oxygen atoms in total. The van der Waals surface area contributed by atoms with Crippen LogP contribution in [0.25, 0.3) is 10.9 Å². The molecule has 32 heavy (non-hydrogen) atoms. The van der Waals surface area contributed by atoms with Gasteiger partial charge in [-0.3, -0.25) is 9.48 Å². The Labute approximate surface area is 186 Å². The molecule has 1 N–H and O–H groups in total. The molecule has 0 atom stereocenters. The van der Waals surface area contributed by atoms with Crippen LogP contribution in [0.5, 0.6) is 0 Å². The molecule has 1 fully saturated rings. The van der Waals surface area contributed by atoms with E-state index in [1.807, 2.05) is 29.9 Å². The fourth-order valence-corrected chi connectivity index (χ4v) is 3.77. The lowest BCUT2D eigenvalue weighted by atomic mass is 9.96. The molecule has 1 amide bonds. The molecule has 1 aliphatic rings. The van der Waals surface area contributed by atoms with E-state index < -0.39 is 17.8 Å². The fraction of sp³-hybridized carbons (Fsp3) is 0.458. The molecule has 0 aliphatic heterocycles. The summed E-state index contributed by atoms with van der Waals surface area (Å²) in [6.45, 7) is 6.08. The smallest absolute Gasteiger partial charge is 0.320 e. The van der Waals surface area contributed by atoms with Crippen LogP contribution in [-0.4, -0.2) is 20.7 Å². The van der Waals surface area contributed by atoms with Gasteiger partial charge in [-0.25, -0.2) is 4.98 Å². The van der Waals surface area contributed by atoms with Crippen LogP contribution >= 0.6 is 0 Å². The van der Waals surface area contributed by atoms with Crippen LogP contribution in [0.4, 0.5) is 18.9 Å². The predicted molar refractivity (Wildman–Crippen MR) is 120 cm³/mol. The number of rotatable bonds is 3. The van der Waals surface area contributed by atoms with Gasteiger partial charge in [0.2, 0.25) is 0 Å². The zero-order chi connectivity index (χ0) is 23.3. The molecule has 1 saturated carbocycles. The number of halogens is 3. The third kappa shape index (κ3) is 5.66. The van der Waals surface area contributed by atoms with Crippen molar-refractivity contribution in [1.82, 2.24) is 14.8 Å². The Morgan fingerprint density at radius 2 is 1.84 bits per heavy atom. The number of aromatic nitrogens is 3. The predicted octanol–water partition coefficient (Wildman–Crippen LogP) is 6.93. The Bertz CT molecular complexity index is 1070. The zero-order valence-corrected chi connectivity index (χ0v) is 18.7. The Kier molecular flexibility index (Phi) is 7.53. The number of amides is 1. The van der Waals surface area contributed by atoms with E-state index in [1.54, 1.807) is 0 Å². The molecule has 2 heterocycles. The van der Waals surface area contributed by atoms with Crippen molar-refractivity contribution in [3.8, 4) is 0 Å². The number of nitrogens with zero attached hydrogens (tertiary/aromatic N) is 3. The van der Waals surface area contributed by atoms with Crippen LogP contribution in [0.15, 0.2) is 36.5 Å². The number of hydrogen-bond acceptors (Lipinski definition) is 3. The van der Waals surface area contributed by atoms with Crippen molar-refractivity contribution < 1.29 is 18.0 Å². The average molecular weight is 447 g/mol. The summed E-state index contributed by atoms with van der Waals surface area (Å²) in [6.07, 6.45) is 4.50. The van der Waals surface area contributed by atoms with Gasteiger partial charge in [0.1, 0.15) is 11.4 Å². The highest BCUT2D eigenvalue weighted by molar-refractivity contribution is 6.04. The second kappa shape index (κ2) is 10.1. The highest BCUT2D eigenvalue weighted by Crippen LogP contribution is 2.31. The number of aryl methyl sites for hydroxylation is 1. The quantitative estimate of drug-likeness (QED) is 0.474. The van der Waals surface area contributed by atoms with Gasteiger partial charge in [0, 0.05) is 17.3 Å². The Balaban J connectivity index is 0.000000913. The molecule has 3 aromatic rings. The Hall–Kier alpha value is -2.90. The maximum absolute atomic E-state index is 12.8. The van der Waals surface area contributed by atoms with Crippen LogP contribution in [0, 0.1) is 6.92 Å². The van der Waals surface area contributed by atoms with Gasteiger partial charge in [-0.15, -0.1) is 0 Å². The molecule has 0 bridgehead atoms. The van der Waals surface area contributed by atoms with E-state index in [0.717, 1.165) is 35.4 Å². The minimum absolute atomic E-state index is 0.280. The largest absolute Gasteiger partial charge is 0.433 e. The molecule has 172 valence electrons. The number of hydrogen-bond donors (Lipinski definition) is 1. The summed E-state index contributed by atoms with van der Waals surface area (Å²) >= 11 is 0. The third-order valence-electron chi connectivity index (χ3n) is 5.34. The summed E-state index contributed by atoms with van der Waals surface area (Å²) in [6, 6.07) is 7.36. The normalized spacial score (nSPS) is 14.7. The highest BCUT2D eigenvalue weighted by Gasteiger charge is 2.33. The molecule has 0 unspecified atom stereocenters. The SMILES string of the molecule is CCC.Cc1cc2nn(C3CCCCC3)cc2cc1NC(=O)c1cccc(C(F)(F)F)n1. The summed E-state index contributed by atoms with van der Waals surface area (Å²) in [5, 5.41) is 8.24. The number of carbonyl (C=O) groups is 1. The van der Waals surface area contributed by atoms with Crippen LogP contribution in [0.1, 0.15) is 80.2 Å². The second-order valence-electron chi connectivity index (χ2n) is 8.19. The van der Waals surface area contributed by atoms with Gasteiger partial charge in [-0.05, 0) is 49.6 Å². The van der Waals surface area contributed by atoms with Crippen LogP contribution in [0.3, 0.4) is 0 Å². The van der Waals surface area contributed by atoms with Crippen LogP contribution < -0.4 is 5.32 Å². The van der Waals surface area contributed by atoms with Gasteiger partial charge >= 0.3 is 6.18 Å². The second-order valence-corrected chi connectivity index (χ2v) is 8.19. The standard InChI is InChI=1S/C21H21F3N4O.C3H8/c1-13-10-18-14(12-28(27-18)15-6-3-2-4-7-15)11-17(13)26-20(29)16-8-5-9-19(25-16)21(22,23)24;1-3-2/h5,8-12,15H,2-4,6-7H2,1H3,(H,26,29);3H2,1-2H3. The molecule has 0 spiro atoms. The van der Waals surface area contributed by atoms with Gasteiger partial charge in [0.05, 0.1) is 11.6 Å². The molecular weight excluding hydrogens is 417 g/mol. The number of carbonyl (C=O) groups excluding carboxylic acids is 1. The Morgan fingerprint density at radius 1 is 1.16 bits per heavy atom. The van der Waals surface area contributed by atoms with Gasteiger partial charge < -0.3 is 5.32 Å². The molecule has 0 radical (unpaired) electrons. The average Bonchev–Trinajstić information content (AvgIpc) is 3.17. The van der Waals surface area contributed by atoms with Crippen molar-refractivity contribution in [2.45, 2.75) is 71.5 Å². The molecule has 4 rings (SSSR count). The summed E-state index contributed by atoms with van der Waals surface area (Å²) in [7, 11) is 0. The topological polar surface area (TPSA) is 59.8 Å². The number of alkyl halides is 3. The van der Waals surface area contributed by atoms with Gasteiger partial charge in [0.25, 0.3) is 5.91 Å². The van der Waals surface area contributed by atoms with E-state index >= 15 is 0 Å². The van der Waals surface area contributed by atoms with Gasteiger partial charge in [-0.2, -0.15) is 18.3 Å². The van der Waals surface area contributed by atoms with E-state index in [2.05, 4.69) is 29.2 Å². The van der Waals surface area contributed by atoms with Crippen molar-refractivity contribution in [3.63, 3.8) is 0 Å². The number of pyridine rings is 1. The summed E-state index contributed by atoms with van der Waals surface area (Å²) in [5.74, 6) is -0.682. The number of benzene rings is 1. The third-order valence-corrected chi connectivity index (χ3v) is 5.34. The zero-order valence-electron chi connectivity index (χ0n) is 18.7. The lowest BCUT2D eigenvalue weighted by Crippen LogP contribution is -2.17. The lowest BCUT2D eigenvalue weighted by molar-refractivity contribution is -0.141. The van der Waals surface area contributed by atoms with E-state index in [-0.39, 0.29) is 5.69 Å². The summed E-state index contributed by atoms with van der Waals surface area (Å²) < 4.78 is 40.6. The van der Waals surface area contributed by atoms with Gasteiger partial charge in [0.15, 0.2) is 0 Å². The van der Waals surface area contributed by atoms with E-state index in [1.165, 1.54) is 37.8 Å². The first-order valence-corrected chi connectivity index (χ1v) is 11.1. The number of fused-ring (bicyclic) bond motifs is 1. The van der Waals surface area contributed by atoms with E-state index in [9.17, 15) is 18.0 Å². The minimum Gasteiger partial charge on any atom is -0.320 e. The molecule has 8 heteroatoms. The first-order valence-electron chi connectivity index (χ1n) is 11.1. The molecule has 0 saturated heterocycles. The van der Waals surface area contributed by atoms with Crippen molar-refractivity contribution >= 4 is 22.5 Å². The maximum Gasteiger partial charge on any atom is 0.433 e. The molecule has 2 aromatic heterocycles. The first-order chi connectivity index (χ1) is 15.2. The van der Waals surface area contributed by atoms with Crippen LogP contribution in [-0.2, 0) is 6.18 Å². The highest BCUT2D eigenvalue weighted by atomic mass is 19.4. The molecule has 1 aromatic carbocycles. The summed E-state index contributed by atoms with van der Waals surface area (Å²) in [5.41, 5.74) is 0.781. The van der Waals surface area contributed by atoms with Gasteiger partial charge in [-0.1, -0.05) is 45.6 Å². The number of anilines is 1. The minimum atomic E-state index is -4.60. The lowest BCUT2D eigenvalue weighted by Gasteiger charge is -2.21. The fourth-order valence-electron chi connectivity index (χ4n) is 3.77. The summed E-state index contributed by atoms with van der Waals surface area (Å²) in [4.78, 5) is 15.9. The maximum atomic E-state index is 12.8. The van der Waals surface area contributed by atoms with E-state index in [0.29, 0.717) is 11.7 Å². The molecule has 1 aliphatic carbocycles. The van der Waals surface area contributed by atoms with E-state index in [4.69, 9.17) is 0 Å². The number of nitrogens with one attached hydrogen (secondary N) is 1. The van der Waals surface area contributed by atoms with Crippen LogP contribution in [0.2, 0.25) is 0 Å². The first kappa shape index (κ1) is 23.8. The van der Waals surface area contributed by atoms with Crippen molar-refractivity contribution in [1.29, 1.82) is 0 Å². The monoisotopic (exact) mass is 446 g/mol.